The second-order valence-corrected chi connectivity index (χ2v) is 7.37. The van der Waals surface area contributed by atoms with Gasteiger partial charge < -0.3 is 10.0 Å². The Morgan fingerprint density at radius 3 is 2.70 bits per heavy atom. The van der Waals surface area contributed by atoms with Gasteiger partial charge in [0.2, 0.25) is 0 Å². The van der Waals surface area contributed by atoms with Crippen LogP contribution in [0.25, 0.3) is 5.57 Å². The molecule has 1 heterocycles. The quantitative estimate of drug-likeness (QED) is 0.478. The molecule has 0 aromatic heterocycles. The number of hydrogen-bond acceptors (Lipinski definition) is 2. The lowest BCUT2D eigenvalue weighted by molar-refractivity contribution is -0.131. The van der Waals surface area contributed by atoms with Gasteiger partial charge in [-0.1, -0.05) is 25.5 Å². The number of aliphatic carboxylic acids is 1. The van der Waals surface area contributed by atoms with Crippen LogP contribution in [0.15, 0.2) is 47.8 Å². The minimum atomic E-state index is -1.03. The van der Waals surface area contributed by atoms with E-state index >= 15 is 0 Å². The highest BCUT2D eigenvalue weighted by atomic mass is 19.1. The van der Waals surface area contributed by atoms with E-state index in [1.54, 1.807) is 6.92 Å². The van der Waals surface area contributed by atoms with Crippen molar-refractivity contribution in [1.29, 1.82) is 0 Å². The van der Waals surface area contributed by atoms with Crippen LogP contribution in [0.5, 0.6) is 0 Å². The third-order valence-electron chi connectivity index (χ3n) is 4.84. The Balaban J connectivity index is 2.39. The van der Waals surface area contributed by atoms with Gasteiger partial charge in [0.15, 0.2) is 0 Å². The SMILES string of the molecule is CCC/C(=C(F)/C=C/C(C)=C/C(=O)O)c1ccc2c(c1)CCCN2C(C)C. The fourth-order valence-electron chi connectivity index (χ4n) is 3.55. The molecular weight excluding hydrogens is 341 g/mol. The highest BCUT2D eigenvalue weighted by Gasteiger charge is 2.20. The summed E-state index contributed by atoms with van der Waals surface area (Å²) in [7, 11) is 0. The Labute approximate surface area is 161 Å². The summed E-state index contributed by atoms with van der Waals surface area (Å²) in [5.74, 6) is -1.33. The van der Waals surface area contributed by atoms with E-state index in [2.05, 4.69) is 30.9 Å². The highest BCUT2D eigenvalue weighted by molar-refractivity contribution is 5.81. The number of allylic oxidation sites excluding steroid dienone is 5. The first-order valence-corrected chi connectivity index (χ1v) is 9.71. The molecule has 1 aliphatic rings. The Morgan fingerprint density at radius 2 is 2.07 bits per heavy atom. The van der Waals surface area contributed by atoms with E-state index in [4.69, 9.17) is 5.11 Å². The Hall–Kier alpha value is -2.36. The van der Waals surface area contributed by atoms with Crippen molar-refractivity contribution in [2.75, 3.05) is 11.4 Å². The molecule has 4 heteroatoms. The third-order valence-corrected chi connectivity index (χ3v) is 4.84. The monoisotopic (exact) mass is 371 g/mol. The lowest BCUT2D eigenvalue weighted by Gasteiger charge is -2.35. The van der Waals surface area contributed by atoms with Crippen molar-refractivity contribution in [2.45, 2.75) is 59.4 Å². The predicted octanol–water partition coefficient (Wildman–Crippen LogP) is 5.92. The normalized spacial score (nSPS) is 15.9. The largest absolute Gasteiger partial charge is 0.478 e. The van der Waals surface area contributed by atoms with Crippen molar-refractivity contribution in [1.82, 2.24) is 0 Å². The molecule has 1 aromatic carbocycles. The lowest BCUT2D eigenvalue weighted by atomic mass is 9.93. The molecule has 27 heavy (non-hydrogen) atoms. The molecule has 2 rings (SSSR count). The molecule has 0 amide bonds. The summed E-state index contributed by atoms with van der Waals surface area (Å²) in [6, 6.07) is 6.70. The van der Waals surface area contributed by atoms with Gasteiger partial charge in [-0.15, -0.1) is 0 Å². The van der Waals surface area contributed by atoms with Crippen molar-refractivity contribution in [2.24, 2.45) is 0 Å². The molecule has 1 aliphatic heterocycles. The van der Waals surface area contributed by atoms with Crippen LogP contribution in [0, 0.1) is 0 Å². The zero-order valence-corrected chi connectivity index (χ0v) is 16.8. The molecule has 1 N–H and O–H groups in total. The molecule has 0 bridgehead atoms. The van der Waals surface area contributed by atoms with Crippen molar-refractivity contribution >= 4 is 17.2 Å². The summed E-state index contributed by atoms with van der Waals surface area (Å²) in [5.41, 5.74) is 4.64. The minimum absolute atomic E-state index is 0.300. The highest BCUT2D eigenvalue weighted by Crippen LogP contribution is 2.34. The van der Waals surface area contributed by atoms with Crippen LogP contribution in [0.2, 0.25) is 0 Å². The molecule has 0 unspecified atom stereocenters. The van der Waals surface area contributed by atoms with Crippen molar-refractivity contribution in [3.8, 4) is 0 Å². The summed E-state index contributed by atoms with van der Waals surface area (Å²) < 4.78 is 14.9. The molecule has 0 aliphatic carbocycles. The van der Waals surface area contributed by atoms with Crippen molar-refractivity contribution in [3.05, 3.63) is 59.0 Å². The Morgan fingerprint density at radius 1 is 1.33 bits per heavy atom. The van der Waals surface area contributed by atoms with Crippen LogP contribution in [0.4, 0.5) is 10.1 Å². The van der Waals surface area contributed by atoms with Gasteiger partial charge in [0.05, 0.1) is 0 Å². The molecule has 0 atom stereocenters. The third kappa shape index (κ3) is 5.56. The number of carbonyl (C=O) groups is 1. The molecule has 3 nitrogen and oxygen atoms in total. The fraction of sp³-hybridized carbons (Fsp3) is 0.435. The molecular formula is C23H30FNO2. The molecule has 0 radical (unpaired) electrons. The van der Waals surface area contributed by atoms with Crippen LogP contribution < -0.4 is 4.90 Å². The van der Waals surface area contributed by atoms with Crippen LogP contribution >= 0.6 is 0 Å². The van der Waals surface area contributed by atoms with E-state index < -0.39 is 5.97 Å². The van der Waals surface area contributed by atoms with E-state index in [0.717, 1.165) is 37.4 Å². The van der Waals surface area contributed by atoms with Crippen LogP contribution in [0.3, 0.4) is 0 Å². The van der Waals surface area contributed by atoms with Gasteiger partial charge in [0, 0.05) is 24.4 Å². The van der Waals surface area contributed by atoms with E-state index in [9.17, 15) is 9.18 Å². The summed E-state index contributed by atoms with van der Waals surface area (Å²) in [6.45, 7) is 9.14. The number of halogens is 1. The number of nitrogens with zero attached hydrogens (tertiary/aromatic N) is 1. The van der Waals surface area contributed by atoms with Gasteiger partial charge in [-0.05, 0) is 80.5 Å². The van der Waals surface area contributed by atoms with Crippen LogP contribution in [-0.4, -0.2) is 23.7 Å². The fourth-order valence-corrected chi connectivity index (χ4v) is 3.55. The first-order chi connectivity index (χ1) is 12.8. The zero-order chi connectivity index (χ0) is 20.0. The standard InChI is InChI=1S/C23H30FNO2/c1-5-7-20(21(24)11-9-17(4)14-23(26)27)18-10-12-22-19(15-18)8-6-13-25(22)16(2)3/h9-12,14-16H,5-8,13H2,1-4H3,(H,26,27)/b11-9+,17-14+,21-20+. The Kier molecular flexibility index (Phi) is 7.40. The number of fused-ring (bicyclic) bond motifs is 1. The number of carboxylic acid groups (broad SMARTS) is 1. The first-order valence-electron chi connectivity index (χ1n) is 9.71. The number of hydrogen-bond donors (Lipinski definition) is 1. The summed E-state index contributed by atoms with van der Waals surface area (Å²) in [5, 5.41) is 8.77. The minimum Gasteiger partial charge on any atom is -0.478 e. The lowest BCUT2D eigenvalue weighted by Crippen LogP contribution is -2.35. The summed E-state index contributed by atoms with van der Waals surface area (Å²) >= 11 is 0. The molecule has 1 aromatic rings. The van der Waals surface area contributed by atoms with Crippen LogP contribution in [-0.2, 0) is 11.2 Å². The van der Waals surface area contributed by atoms with E-state index in [1.165, 1.54) is 23.4 Å². The smallest absolute Gasteiger partial charge is 0.328 e. The maximum Gasteiger partial charge on any atom is 0.328 e. The Bertz CT molecular complexity index is 775. The van der Waals surface area contributed by atoms with Gasteiger partial charge in [-0.3, -0.25) is 0 Å². The zero-order valence-electron chi connectivity index (χ0n) is 16.8. The number of carboxylic acids is 1. The van der Waals surface area contributed by atoms with Gasteiger partial charge in [0.25, 0.3) is 0 Å². The van der Waals surface area contributed by atoms with Gasteiger partial charge in [-0.2, -0.15) is 0 Å². The van der Waals surface area contributed by atoms with E-state index in [0.29, 0.717) is 23.6 Å². The average Bonchev–Trinajstić information content (AvgIpc) is 2.62. The number of anilines is 1. The molecule has 0 spiro atoms. The molecule has 0 saturated carbocycles. The maximum atomic E-state index is 14.9. The van der Waals surface area contributed by atoms with E-state index in [1.807, 2.05) is 13.0 Å². The second-order valence-electron chi connectivity index (χ2n) is 7.37. The van der Waals surface area contributed by atoms with Gasteiger partial charge in [-0.25, -0.2) is 9.18 Å². The number of aryl methyl sites for hydroxylation is 1. The van der Waals surface area contributed by atoms with Gasteiger partial charge in [0.1, 0.15) is 5.83 Å². The molecule has 146 valence electrons. The summed E-state index contributed by atoms with van der Waals surface area (Å²) in [4.78, 5) is 13.1. The second kappa shape index (κ2) is 9.54. The molecule has 0 saturated heterocycles. The molecule has 0 fully saturated rings. The topological polar surface area (TPSA) is 40.5 Å². The van der Waals surface area contributed by atoms with Crippen LogP contribution in [0.1, 0.15) is 58.1 Å². The van der Waals surface area contributed by atoms with Crippen molar-refractivity contribution < 1.29 is 14.3 Å². The summed E-state index contributed by atoms with van der Waals surface area (Å²) in [6.07, 6.45) is 7.58. The maximum absolute atomic E-state index is 14.9. The van der Waals surface area contributed by atoms with Gasteiger partial charge >= 0.3 is 5.97 Å². The van der Waals surface area contributed by atoms with E-state index in [-0.39, 0.29) is 5.83 Å². The predicted molar refractivity (Wildman–Crippen MR) is 111 cm³/mol. The number of benzene rings is 1. The van der Waals surface area contributed by atoms with Crippen molar-refractivity contribution in [3.63, 3.8) is 0 Å². The number of rotatable bonds is 7. The first kappa shape index (κ1) is 20.9. The average molecular weight is 371 g/mol.